The highest BCUT2D eigenvalue weighted by atomic mass is 16.9. The average molecular weight is 486 g/mol. The van der Waals surface area contributed by atoms with E-state index in [1.54, 1.807) is 0 Å². The molecule has 5 heteroatoms. The van der Waals surface area contributed by atoms with Crippen molar-refractivity contribution in [1.29, 1.82) is 0 Å². The van der Waals surface area contributed by atoms with Crippen molar-refractivity contribution in [2.24, 2.45) is 5.41 Å². The van der Waals surface area contributed by atoms with Crippen molar-refractivity contribution in [3.63, 3.8) is 0 Å². The SMILES string of the molecule is CC[C@@H]1OC2(OC(=O)C3=C2C(C)=C2c4ccccc4N(C)[C@@]2(C)C3(C)C)O[C@@H](CC)c2ccccc21. The molecule has 6 rings (SSSR count). The molecular weight excluding hydrogens is 450 g/mol. The molecule has 0 aromatic heterocycles. The van der Waals surface area contributed by atoms with Gasteiger partial charge >= 0.3 is 11.9 Å². The van der Waals surface area contributed by atoms with Crippen LogP contribution in [0.2, 0.25) is 0 Å². The number of hydrogen-bond acceptors (Lipinski definition) is 5. The van der Waals surface area contributed by atoms with E-state index in [9.17, 15) is 4.79 Å². The minimum atomic E-state index is -1.58. The lowest BCUT2D eigenvalue weighted by molar-refractivity contribution is -0.358. The predicted octanol–water partition coefficient (Wildman–Crippen LogP) is 6.86. The minimum Gasteiger partial charge on any atom is -0.400 e. The van der Waals surface area contributed by atoms with Gasteiger partial charge in [0.1, 0.15) is 0 Å². The minimum absolute atomic E-state index is 0.259. The summed E-state index contributed by atoms with van der Waals surface area (Å²) in [5, 5.41) is 0. The van der Waals surface area contributed by atoms with Crippen LogP contribution in [0, 0.1) is 5.41 Å². The number of nitrogens with zero attached hydrogens (tertiary/aromatic N) is 1. The molecular formula is C31H35NO4. The quantitative estimate of drug-likeness (QED) is 0.435. The van der Waals surface area contributed by atoms with Crippen LogP contribution in [0.4, 0.5) is 5.69 Å². The number of rotatable bonds is 2. The molecule has 0 N–H and O–H groups in total. The number of fused-ring (bicyclic) bond motifs is 5. The molecule has 0 saturated carbocycles. The lowest BCUT2D eigenvalue weighted by Gasteiger charge is -2.51. The van der Waals surface area contributed by atoms with Crippen LogP contribution in [0.25, 0.3) is 5.57 Å². The van der Waals surface area contributed by atoms with Crippen LogP contribution in [-0.2, 0) is 19.0 Å². The van der Waals surface area contributed by atoms with Crippen molar-refractivity contribution in [2.75, 3.05) is 11.9 Å². The number of likely N-dealkylation sites (N-methyl/N-ethyl adjacent to an activating group) is 1. The second kappa shape index (κ2) is 7.56. The van der Waals surface area contributed by atoms with Crippen LogP contribution < -0.4 is 4.90 Å². The number of carbonyl (C=O) groups is 1. The molecule has 36 heavy (non-hydrogen) atoms. The summed E-state index contributed by atoms with van der Waals surface area (Å²) >= 11 is 0. The fourth-order valence-electron chi connectivity index (χ4n) is 7.18. The third-order valence-corrected chi connectivity index (χ3v) is 9.30. The van der Waals surface area contributed by atoms with Gasteiger partial charge in [0.05, 0.1) is 28.9 Å². The first-order chi connectivity index (χ1) is 17.1. The van der Waals surface area contributed by atoms with Crippen LogP contribution in [-0.4, -0.2) is 24.5 Å². The van der Waals surface area contributed by atoms with Crippen LogP contribution in [0.3, 0.4) is 0 Å². The molecule has 4 aliphatic rings. The molecule has 5 nitrogen and oxygen atoms in total. The van der Waals surface area contributed by atoms with Gasteiger partial charge in [-0.1, -0.05) is 70.2 Å². The van der Waals surface area contributed by atoms with E-state index in [0.29, 0.717) is 5.57 Å². The standard InChI is InChI=1S/C31H35NO4/c1-8-23-19-14-10-11-15-20(19)24(9-2)35-31(34-23)26-18(3)25-21-16-12-13-17-22(21)32(7)30(25,6)29(4,5)27(26)28(33)36-31/h10-17,23-24H,8-9H2,1-7H3/t23-,24-,30+/m0/s1. The van der Waals surface area contributed by atoms with Crippen molar-refractivity contribution >= 4 is 17.2 Å². The maximum absolute atomic E-state index is 13.8. The molecule has 0 amide bonds. The van der Waals surface area contributed by atoms with E-state index < -0.39 is 16.9 Å². The van der Waals surface area contributed by atoms with Gasteiger partial charge in [0, 0.05) is 23.7 Å². The van der Waals surface area contributed by atoms with Gasteiger partial charge in [0.25, 0.3) is 0 Å². The highest BCUT2D eigenvalue weighted by Gasteiger charge is 2.67. The van der Waals surface area contributed by atoms with Gasteiger partial charge in [0.2, 0.25) is 0 Å². The molecule has 1 aliphatic carbocycles. The fraction of sp³-hybridized carbons (Fsp3) is 0.452. The third-order valence-electron chi connectivity index (χ3n) is 9.30. The molecule has 3 atom stereocenters. The maximum Gasteiger partial charge on any atom is 0.360 e. The third kappa shape index (κ3) is 2.65. The second-order valence-corrected chi connectivity index (χ2v) is 11.1. The molecule has 188 valence electrons. The zero-order chi connectivity index (χ0) is 25.6. The van der Waals surface area contributed by atoms with E-state index >= 15 is 0 Å². The number of anilines is 1. The smallest absolute Gasteiger partial charge is 0.360 e. The van der Waals surface area contributed by atoms with Gasteiger partial charge in [-0.2, -0.15) is 0 Å². The molecule has 0 saturated heterocycles. The summed E-state index contributed by atoms with van der Waals surface area (Å²) in [6.07, 6.45) is 0.956. The van der Waals surface area contributed by atoms with Gasteiger partial charge in [-0.15, -0.1) is 0 Å². The fourth-order valence-corrected chi connectivity index (χ4v) is 7.18. The Bertz CT molecular complexity index is 1320. The predicted molar refractivity (Wildman–Crippen MR) is 140 cm³/mol. The lowest BCUT2D eigenvalue weighted by atomic mass is 9.59. The summed E-state index contributed by atoms with van der Waals surface area (Å²) in [5.74, 6) is -1.94. The first kappa shape index (κ1) is 23.5. The summed E-state index contributed by atoms with van der Waals surface area (Å²) in [6.45, 7) is 12.8. The number of hydrogen-bond donors (Lipinski definition) is 0. The first-order valence-electron chi connectivity index (χ1n) is 13.1. The van der Waals surface area contributed by atoms with Crippen LogP contribution >= 0.6 is 0 Å². The van der Waals surface area contributed by atoms with Crippen molar-refractivity contribution in [3.8, 4) is 0 Å². The molecule has 2 aromatic carbocycles. The van der Waals surface area contributed by atoms with E-state index in [1.165, 1.54) is 16.8 Å². The Kier molecular flexibility index (Phi) is 4.94. The zero-order valence-corrected chi connectivity index (χ0v) is 22.3. The Morgan fingerprint density at radius 3 is 1.97 bits per heavy atom. The molecule has 2 aromatic rings. The zero-order valence-electron chi connectivity index (χ0n) is 22.3. The summed E-state index contributed by atoms with van der Waals surface area (Å²) in [6, 6.07) is 16.8. The van der Waals surface area contributed by atoms with Crippen LogP contribution in [0.15, 0.2) is 65.3 Å². The van der Waals surface area contributed by atoms with Gasteiger partial charge in [-0.3, -0.25) is 0 Å². The normalized spacial score (nSPS) is 29.5. The van der Waals surface area contributed by atoms with E-state index in [-0.39, 0.29) is 18.2 Å². The highest BCUT2D eigenvalue weighted by Crippen LogP contribution is 2.65. The Balaban J connectivity index is 1.63. The van der Waals surface area contributed by atoms with Gasteiger partial charge in [-0.25, -0.2) is 4.79 Å². The van der Waals surface area contributed by atoms with Crippen molar-refractivity contribution < 1.29 is 19.0 Å². The molecule has 0 fully saturated rings. The molecule has 3 aliphatic heterocycles. The summed E-state index contributed by atoms with van der Waals surface area (Å²) in [4.78, 5) is 16.2. The van der Waals surface area contributed by atoms with Crippen molar-refractivity contribution in [2.45, 2.75) is 78.1 Å². The second-order valence-electron chi connectivity index (χ2n) is 11.1. The van der Waals surface area contributed by atoms with E-state index in [4.69, 9.17) is 14.2 Å². The van der Waals surface area contributed by atoms with Crippen molar-refractivity contribution in [1.82, 2.24) is 0 Å². The first-order valence-corrected chi connectivity index (χ1v) is 13.1. The Morgan fingerprint density at radius 2 is 1.39 bits per heavy atom. The number of carbonyl (C=O) groups excluding carboxylic acids is 1. The lowest BCUT2D eigenvalue weighted by Crippen LogP contribution is -2.56. The number of para-hydroxylation sites is 1. The summed E-state index contributed by atoms with van der Waals surface area (Å²) < 4.78 is 19.8. The van der Waals surface area contributed by atoms with E-state index in [0.717, 1.165) is 35.1 Å². The monoisotopic (exact) mass is 485 g/mol. The van der Waals surface area contributed by atoms with Gasteiger partial charge in [-0.05, 0) is 55.0 Å². The topological polar surface area (TPSA) is 48.0 Å². The van der Waals surface area contributed by atoms with Crippen LogP contribution in [0.5, 0.6) is 0 Å². The highest BCUT2D eigenvalue weighted by molar-refractivity contribution is 6.04. The van der Waals surface area contributed by atoms with Crippen molar-refractivity contribution in [3.05, 3.63) is 81.9 Å². The summed E-state index contributed by atoms with van der Waals surface area (Å²) in [7, 11) is 2.12. The Morgan fingerprint density at radius 1 is 0.833 bits per heavy atom. The summed E-state index contributed by atoms with van der Waals surface area (Å²) in [5.41, 5.74) is 7.16. The molecule has 0 bridgehead atoms. The van der Waals surface area contributed by atoms with Gasteiger partial charge in [0.15, 0.2) is 0 Å². The number of benzene rings is 2. The van der Waals surface area contributed by atoms with Crippen LogP contribution in [0.1, 0.15) is 83.3 Å². The van der Waals surface area contributed by atoms with Gasteiger partial charge < -0.3 is 19.1 Å². The van der Waals surface area contributed by atoms with E-state index in [1.807, 2.05) is 12.1 Å². The largest absolute Gasteiger partial charge is 0.400 e. The Hall–Kier alpha value is -2.89. The Labute approximate surface area is 213 Å². The molecule has 0 radical (unpaired) electrons. The molecule has 1 spiro atoms. The number of esters is 1. The molecule has 0 unspecified atom stereocenters. The number of ether oxygens (including phenoxy) is 3. The van der Waals surface area contributed by atoms with E-state index in [2.05, 4.69) is 89.9 Å². The average Bonchev–Trinajstić information content (AvgIpc) is 3.23. The maximum atomic E-state index is 13.8. The molecule has 3 heterocycles.